The molecule has 0 radical (unpaired) electrons. The number of rotatable bonds is 10. The number of benzene rings is 1. The molecule has 162 valence electrons. The summed E-state index contributed by atoms with van der Waals surface area (Å²) < 4.78 is 13.3. The van der Waals surface area contributed by atoms with E-state index in [1.165, 1.54) is 5.56 Å². The Kier molecular flexibility index (Phi) is 11.4. The van der Waals surface area contributed by atoms with Crippen molar-refractivity contribution in [3.63, 3.8) is 0 Å². The van der Waals surface area contributed by atoms with Gasteiger partial charge < -0.3 is 24.7 Å². The summed E-state index contributed by atoms with van der Waals surface area (Å²) in [4.78, 5) is 4.60. The van der Waals surface area contributed by atoms with Crippen molar-refractivity contribution in [2.75, 3.05) is 26.3 Å². The molecule has 1 heterocycles. The van der Waals surface area contributed by atoms with E-state index in [1.807, 2.05) is 51.4 Å². The molecule has 8 nitrogen and oxygen atoms in total. The highest BCUT2D eigenvalue weighted by Crippen LogP contribution is 2.28. The van der Waals surface area contributed by atoms with Crippen molar-refractivity contribution < 1.29 is 9.47 Å². The molecule has 0 aliphatic rings. The molecule has 0 amide bonds. The number of hydrogen-bond donors (Lipinski definition) is 2. The van der Waals surface area contributed by atoms with Crippen molar-refractivity contribution in [1.29, 1.82) is 0 Å². The number of nitrogens with one attached hydrogen (secondary N) is 2. The first kappa shape index (κ1) is 25.0. The Hall–Kier alpha value is -2.04. The molecular weight excluding hydrogens is 483 g/mol. The summed E-state index contributed by atoms with van der Waals surface area (Å²) >= 11 is 0. The topological polar surface area (TPSA) is 85.6 Å². The van der Waals surface area contributed by atoms with Gasteiger partial charge in [0.25, 0.3) is 0 Å². The van der Waals surface area contributed by atoms with Crippen LogP contribution >= 0.6 is 24.0 Å². The maximum atomic E-state index is 5.70. The second kappa shape index (κ2) is 13.2. The smallest absolute Gasteiger partial charge is 0.191 e. The Labute approximate surface area is 190 Å². The monoisotopic (exact) mass is 516 g/mol. The predicted molar refractivity (Wildman–Crippen MR) is 126 cm³/mol. The van der Waals surface area contributed by atoms with Crippen molar-refractivity contribution in [1.82, 2.24) is 25.4 Å². The van der Waals surface area contributed by atoms with Crippen molar-refractivity contribution in [2.24, 2.45) is 12.0 Å². The Bertz CT molecular complexity index is 778. The average molecular weight is 516 g/mol. The quantitative estimate of drug-likeness (QED) is 0.287. The highest BCUT2D eigenvalue weighted by Gasteiger charge is 2.07. The molecule has 0 aliphatic heterocycles. The molecule has 0 fully saturated rings. The molecule has 2 N–H and O–H groups in total. The molecule has 2 aromatic rings. The Morgan fingerprint density at radius 1 is 1.07 bits per heavy atom. The third-order valence-electron chi connectivity index (χ3n) is 4.22. The van der Waals surface area contributed by atoms with E-state index >= 15 is 0 Å². The molecule has 0 saturated heterocycles. The zero-order chi connectivity index (χ0) is 20.4. The number of aryl methyl sites for hydroxylation is 1. The Morgan fingerprint density at radius 2 is 1.79 bits per heavy atom. The molecule has 0 saturated carbocycles. The fourth-order valence-corrected chi connectivity index (χ4v) is 2.66. The summed E-state index contributed by atoms with van der Waals surface area (Å²) in [5, 5.41) is 14.8. The van der Waals surface area contributed by atoms with E-state index in [0.29, 0.717) is 19.8 Å². The van der Waals surface area contributed by atoms with E-state index in [4.69, 9.17) is 9.47 Å². The SMILES string of the molecule is CCNC(=NCc1nnc(C)n1C)NCCc1ccc(OCC)c(OCC)c1.I. The predicted octanol–water partition coefficient (Wildman–Crippen LogP) is 2.84. The van der Waals surface area contributed by atoms with E-state index in [1.54, 1.807) is 0 Å². The van der Waals surface area contributed by atoms with Gasteiger partial charge in [0, 0.05) is 20.1 Å². The van der Waals surface area contributed by atoms with Crippen LogP contribution < -0.4 is 20.1 Å². The van der Waals surface area contributed by atoms with Crippen LogP contribution in [0.2, 0.25) is 0 Å². The van der Waals surface area contributed by atoms with E-state index in [9.17, 15) is 0 Å². The van der Waals surface area contributed by atoms with Crippen molar-refractivity contribution in [2.45, 2.75) is 40.7 Å². The minimum Gasteiger partial charge on any atom is -0.490 e. The number of nitrogens with zero attached hydrogens (tertiary/aromatic N) is 4. The van der Waals surface area contributed by atoms with Gasteiger partial charge in [0.1, 0.15) is 12.4 Å². The Morgan fingerprint density at radius 3 is 2.41 bits per heavy atom. The van der Waals surface area contributed by atoms with E-state index in [0.717, 1.165) is 48.6 Å². The maximum Gasteiger partial charge on any atom is 0.191 e. The number of ether oxygens (including phenoxy) is 2. The first-order valence-electron chi connectivity index (χ1n) is 9.84. The second-order valence-corrected chi connectivity index (χ2v) is 6.24. The lowest BCUT2D eigenvalue weighted by Gasteiger charge is -2.14. The van der Waals surface area contributed by atoms with Crippen molar-refractivity contribution in [3.8, 4) is 11.5 Å². The lowest BCUT2D eigenvalue weighted by Crippen LogP contribution is -2.38. The molecule has 29 heavy (non-hydrogen) atoms. The third-order valence-corrected chi connectivity index (χ3v) is 4.22. The van der Waals surface area contributed by atoms with Gasteiger partial charge in [-0.2, -0.15) is 0 Å². The Balaban J connectivity index is 0.00000420. The van der Waals surface area contributed by atoms with E-state index in [-0.39, 0.29) is 24.0 Å². The summed E-state index contributed by atoms with van der Waals surface area (Å²) in [7, 11) is 1.95. The van der Waals surface area contributed by atoms with Crippen LogP contribution in [-0.4, -0.2) is 47.0 Å². The number of halogens is 1. The molecule has 1 aromatic carbocycles. The van der Waals surface area contributed by atoms with Gasteiger partial charge in [-0.3, -0.25) is 0 Å². The van der Waals surface area contributed by atoms with Gasteiger partial charge in [-0.15, -0.1) is 34.2 Å². The van der Waals surface area contributed by atoms with Gasteiger partial charge >= 0.3 is 0 Å². The fourth-order valence-electron chi connectivity index (χ4n) is 2.66. The summed E-state index contributed by atoms with van der Waals surface area (Å²) in [5.74, 6) is 4.06. The number of aliphatic imine (C=N–C) groups is 1. The number of hydrogen-bond acceptors (Lipinski definition) is 5. The van der Waals surface area contributed by atoms with Gasteiger partial charge in [-0.25, -0.2) is 4.99 Å². The minimum atomic E-state index is 0. The van der Waals surface area contributed by atoms with Crippen molar-refractivity contribution >= 4 is 29.9 Å². The van der Waals surface area contributed by atoms with Gasteiger partial charge in [0.2, 0.25) is 0 Å². The molecular formula is C20H33IN6O2. The number of guanidine groups is 1. The van der Waals surface area contributed by atoms with Crippen LogP contribution in [0.15, 0.2) is 23.2 Å². The lowest BCUT2D eigenvalue weighted by atomic mass is 10.1. The maximum absolute atomic E-state index is 5.70. The van der Waals surface area contributed by atoms with Crippen LogP contribution in [0.5, 0.6) is 11.5 Å². The summed E-state index contributed by atoms with van der Waals surface area (Å²) in [6.45, 7) is 11.2. The van der Waals surface area contributed by atoms with Crippen LogP contribution in [0, 0.1) is 6.92 Å². The van der Waals surface area contributed by atoms with Crippen LogP contribution in [0.25, 0.3) is 0 Å². The minimum absolute atomic E-state index is 0. The molecule has 0 aliphatic carbocycles. The molecule has 0 spiro atoms. The molecule has 2 rings (SSSR count). The standard InChI is InChI=1S/C20H32N6O2.HI/c1-6-21-20(23-14-19-25-24-15(4)26(19)5)22-12-11-16-9-10-17(27-7-2)18(13-16)28-8-3;/h9-10,13H,6-8,11-12,14H2,1-5H3,(H2,21,22,23);1H. The zero-order valence-electron chi connectivity index (χ0n) is 18.0. The van der Waals surface area contributed by atoms with E-state index < -0.39 is 0 Å². The highest BCUT2D eigenvalue weighted by atomic mass is 127. The largest absolute Gasteiger partial charge is 0.490 e. The van der Waals surface area contributed by atoms with Gasteiger partial charge in [0.05, 0.1) is 13.2 Å². The van der Waals surface area contributed by atoms with Gasteiger partial charge in [-0.1, -0.05) is 6.07 Å². The second-order valence-electron chi connectivity index (χ2n) is 6.24. The van der Waals surface area contributed by atoms with E-state index in [2.05, 4.69) is 31.9 Å². The van der Waals surface area contributed by atoms with Crippen molar-refractivity contribution in [3.05, 3.63) is 35.4 Å². The molecule has 0 unspecified atom stereocenters. The van der Waals surface area contributed by atoms with Crippen LogP contribution in [0.3, 0.4) is 0 Å². The number of aromatic nitrogens is 3. The van der Waals surface area contributed by atoms with Gasteiger partial charge in [0.15, 0.2) is 23.3 Å². The summed E-state index contributed by atoms with van der Waals surface area (Å²) in [6.07, 6.45) is 0.847. The first-order valence-corrected chi connectivity index (χ1v) is 9.84. The molecule has 1 aromatic heterocycles. The fraction of sp³-hybridized carbons (Fsp3) is 0.550. The lowest BCUT2D eigenvalue weighted by molar-refractivity contribution is 0.287. The highest BCUT2D eigenvalue weighted by molar-refractivity contribution is 14.0. The van der Waals surface area contributed by atoms with Crippen LogP contribution in [-0.2, 0) is 20.0 Å². The molecule has 0 bridgehead atoms. The van der Waals surface area contributed by atoms with Gasteiger partial charge in [-0.05, 0) is 51.8 Å². The van der Waals surface area contributed by atoms with Crippen LogP contribution in [0.4, 0.5) is 0 Å². The van der Waals surface area contributed by atoms with Crippen LogP contribution in [0.1, 0.15) is 38.0 Å². The zero-order valence-corrected chi connectivity index (χ0v) is 20.3. The average Bonchev–Trinajstić information content (AvgIpc) is 3.00. The summed E-state index contributed by atoms with van der Waals surface area (Å²) in [5.41, 5.74) is 1.18. The molecule has 0 atom stereocenters. The third kappa shape index (κ3) is 7.71. The normalized spacial score (nSPS) is 11.0. The first-order chi connectivity index (χ1) is 13.6. The molecule has 9 heteroatoms. The summed E-state index contributed by atoms with van der Waals surface area (Å²) in [6, 6.07) is 6.09.